The van der Waals surface area contributed by atoms with Crippen molar-refractivity contribution in [1.29, 1.82) is 0 Å². The van der Waals surface area contributed by atoms with Crippen LogP contribution in [0.5, 0.6) is 0 Å². The predicted molar refractivity (Wildman–Crippen MR) is 102 cm³/mol. The summed E-state index contributed by atoms with van der Waals surface area (Å²) in [4.78, 5) is 31.0. The van der Waals surface area contributed by atoms with Crippen molar-refractivity contribution in [1.82, 2.24) is 10.3 Å². The lowest BCUT2D eigenvalue weighted by molar-refractivity contribution is -0.126. The molecule has 1 aliphatic rings. The van der Waals surface area contributed by atoms with Gasteiger partial charge in [-0.2, -0.15) is 0 Å². The smallest absolute Gasteiger partial charge is 0.227 e. The molecule has 2 amide bonds. The van der Waals surface area contributed by atoms with Gasteiger partial charge in [0.05, 0.1) is 5.92 Å². The van der Waals surface area contributed by atoms with Crippen LogP contribution in [0.3, 0.4) is 0 Å². The highest BCUT2D eigenvalue weighted by Crippen LogP contribution is 2.28. The van der Waals surface area contributed by atoms with Crippen molar-refractivity contribution in [2.24, 2.45) is 5.92 Å². The molecule has 1 aromatic heterocycles. The minimum absolute atomic E-state index is 0.0504. The summed E-state index contributed by atoms with van der Waals surface area (Å²) < 4.78 is 5.48. The third-order valence-corrected chi connectivity index (χ3v) is 5.00. The van der Waals surface area contributed by atoms with Gasteiger partial charge in [0.25, 0.3) is 0 Å². The second kappa shape index (κ2) is 6.87. The number of nitrogens with one attached hydrogen (secondary N) is 1. The van der Waals surface area contributed by atoms with Crippen LogP contribution in [0, 0.1) is 19.8 Å². The quantitative estimate of drug-likeness (QED) is 0.773. The van der Waals surface area contributed by atoms with Crippen LogP contribution in [-0.4, -0.2) is 23.3 Å². The Morgan fingerprint density at radius 3 is 2.89 bits per heavy atom. The second-order valence-electron chi connectivity index (χ2n) is 6.93. The number of hydrogen-bond donors (Lipinski definition) is 1. The summed E-state index contributed by atoms with van der Waals surface area (Å²) in [5.41, 5.74) is 4.37. The number of aryl methyl sites for hydroxylation is 2. The van der Waals surface area contributed by atoms with Crippen molar-refractivity contribution >= 4 is 28.6 Å². The zero-order valence-corrected chi connectivity index (χ0v) is 15.4. The highest BCUT2D eigenvalue weighted by atomic mass is 16.3. The Balaban J connectivity index is 1.44. The van der Waals surface area contributed by atoms with Crippen molar-refractivity contribution in [2.45, 2.75) is 26.8 Å². The fourth-order valence-corrected chi connectivity index (χ4v) is 3.47. The molecule has 138 valence electrons. The lowest BCUT2D eigenvalue weighted by Crippen LogP contribution is -2.32. The molecule has 2 heterocycles. The molecule has 6 heteroatoms. The van der Waals surface area contributed by atoms with Crippen molar-refractivity contribution < 1.29 is 14.0 Å². The van der Waals surface area contributed by atoms with Crippen LogP contribution in [0.25, 0.3) is 11.1 Å². The molecule has 1 N–H and O–H groups in total. The SMILES string of the molecule is Cc1nc2cc(N3C[C@@H](C(=O)NCc4ccccc4C)CC3=O)ccc2o1. The lowest BCUT2D eigenvalue weighted by atomic mass is 10.1. The maximum atomic E-state index is 12.6. The molecule has 1 atom stereocenters. The number of carbonyl (C=O) groups is 2. The summed E-state index contributed by atoms with van der Waals surface area (Å²) >= 11 is 0. The van der Waals surface area contributed by atoms with E-state index in [1.807, 2.05) is 49.4 Å². The van der Waals surface area contributed by atoms with Gasteiger partial charge in [-0.05, 0) is 36.2 Å². The highest BCUT2D eigenvalue weighted by Gasteiger charge is 2.35. The standard InChI is InChI=1S/C21H21N3O3/c1-13-5-3-4-6-15(13)11-22-21(26)16-9-20(25)24(12-16)17-7-8-19-18(10-17)23-14(2)27-19/h3-8,10,16H,9,11-12H2,1-2H3,(H,22,26)/t16-/m0/s1. The molecule has 2 aromatic carbocycles. The number of fused-ring (bicyclic) bond motifs is 1. The first-order valence-corrected chi connectivity index (χ1v) is 9.01. The molecule has 6 nitrogen and oxygen atoms in total. The zero-order chi connectivity index (χ0) is 19.0. The fourth-order valence-electron chi connectivity index (χ4n) is 3.47. The van der Waals surface area contributed by atoms with Gasteiger partial charge in [-0.1, -0.05) is 24.3 Å². The van der Waals surface area contributed by atoms with Crippen molar-refractivity contribution in [2.75, 3.05) is 11.4 Å². The van der Waals surface area contributed by atoms with Crippen molar-refractivity contribution in [3.63, 3.8) is 0 Å². The second-order valence-corrected chi connectivity index (χ2v) is 6.93. The van der Waals surface area contributed by atoms with E-state index in [0.717, 1.165) is 16.8 Å². The van der Waals surface area contributed by atoms with Crippen LogP contribution >= 0.6 is 0 Å². The number of amides is 2. The summed E-state index contributed by atoms with van der Waals surface area (Å²) in [6.45, 7) is 4.65. The predicted octanol–water partition coefficient (Wildman–Crippen LogP) is 3.11. The number of rotatable bonds is 4. The molecular weight excluding hydrogens is 342 g/mol. The minimum Gasteiger partial charge on any atom is -0.441 e. The van der Waals surface area contributed by atoms with Crippen LogP contribution in [0.1, 0.15) is 23.4 Å². The van der Waals surface area contributed by atoms with Gasteiger partial charge in [0.2, 0.25) is 11.8 Å². The molecule has 4 rings (SSSR count). The summed E-state index contributed by atoms with van der Waals surface area (Å²) in [6, 6.07) is 13.4. The molecule has 0 radical (unpaired) electrons. The molecule has 0 spiro atoms. The molecule has 1 saturated heterocycles. The number of hydrogen-bond acceptors (Lipinski definition) is 4. The van der Waals surface area contributed by atoms with Crippen LogP contribution < -0.4 is 10.2 Å². The average Bonchev–Trinajstić information content (AvgIpc) is 3.21. The number of oxazole rings is 1. The van der Waals surface area contributed by atoms with Crippen molar-refractivity contribution in [3.05, 3.63) is 59.5 Å². The van der Waals surface area contributed by atoms with Crippen molar-refractivity contribution in [3.8, 4) is 0 Å². The minimum atomic E-state index is -0.351. The van der Waals surface area contributed by atoms with Crippen LogP contribution in [-0.2, 0) is 16.1 Å². The Kier molecular flexibility index (Phi) is 4.39. The van der Waals surface area contributed by atoms with Gasteiger partial charge in [-0.25, -0.2) is 4.98 Å². The number of aromatic nitrogens is 1. The fraction of sp³-hybridized carbons (Fsp3) is 0.286. The first kappa shape index (κ1) is 17.3. The Morgan fingerprint density at radius 1 is 1.26 bits per heavy atom. The number of anilines is 1. The summed E-state index contributed by atoms with van der Waals surface area (Å²) in [7, 11) is 0. The summed E-state index contributed by atoms with van der Waals surface area (Å²) in [5.74, 6) is 0.0951. The van der Waals surface area contributed by atoms with E-state index >= 15 is 0 Å². The molecule has 0 bridgehead atoms. The lowest BCUT2D eigenvalue weighted by Gasteiger charge is -2.16. The normalized spacial score (nSPS) is 16.9. The molecule has 1 fully saturated rings. The molecule has 0 aliphatic carbocycles. The highest BCUT2D eigenvalue weighted by molar-refractivity contribution is 6.01. The molecule has 27 heavy (non-hydrogen) atoms. The van der Waals surface area contributed by atoms with Gasteiger partial charge in [0.1, 0.15) is 5.52 Å². The van der Waals surface area contributed by atoms with Gasteiger partial charge in [0, 0.05) is 32.1 Å². The van der Waals surface area contributed by atoms with E-state index in [0.29, 0.717) is 30.1 Å². The Labute approximate surface area is 157 Å². The Bertz CT molecular complexity index is 1020. The number of carbonyl (C=O) groups excluding carboxylic acids is 2. The first-order valence-electron chi connectivity index (χ1n) is 9.01. The van der Waals surface area contributed by atoms with Crippen LogP contribution in [0.4, 0.5) is 5.69 Å². The molecule has 1 aliphatic heterocycles. The van der Waals surface area contributed by atoms with Gasteiger partial charge in [0.15, 0.2) is 11.5 Å². The van der Waals surface area contributed by atoms with E-state index in [4.69, 9.17) is 4.42 Å². The largest absolute Gasteiger partial charge is 0.441 e. The topological polar surface area (TPSA) is 75.4 Å². The Hall–Kier alpha value is -3.15. The van der Waals surface area contributed by atoms with E-state index in [9.17, 15) is 9.59 Å². The first-order chi connectivity index (χ1) is 13.0. The van der Waals surface area contributed by atoms with Gasteiger partial charge >= 0.3 is 0 Å². The van der Waals surface area contributed by atoms with E-state index < -0.39 is 0 Å². The van der Waals surface area contributed by atoms with E-state index in [2.05, 4.69) is 10.3 Å². The molecule has 0 saturated carbocycles. The third kappa shape index (κ3) is 3.43. The number of nitrogens with zero attached hydrogens (tertiary/aromatic N) is 2. The van der Waals surface area contributed by atoms with Crippen LogP contribution in [0.2, 0.25) is 0 Å². The third-order valence-electron chi connectivity index (χ3n) is 5.00. The Morgan fingerprint density at radius 2 is 2.07 bits per heavy atom. The van der Waals surface area contributed by atoms with E-state index in [1.54, 1.807) is 11.8 Å². The summed E-state index contributed by atoms with van der Waals surface area (Å²) in [6.07, 6.45) is 0.218. The maximum absolute atomic E-state index is 12.6. The van der Waals surface area contributed by atoms with E-state index in [-0.39, 0.29) is 24.2 Å². The molecule has 0 unspecified atom stereocenters. The average molecular weight is 363 g/mol. The van der Waals surface area contributed by atoms with E-state index in [1.165, 1.54) is 0 Å². The van der Waals surface area contributed by atoms with Crippen LogP contribution in [0.15, 0.2) is 46.9 Å². The van der Waals surface area contributed by atoms with Gasteiger partial charge < -0.3 is 14.6 Å². The zero-order valence-electron chi connectivity index (χ0n) is 15.4. The molecular formula is C21H21N3O3. The van der Waals surface area contributed by atoms with Gasteiger partial charge in [-0.15, -0.1) is 0 Å². The summed E-state index contributed by atoms with van der Waals surface area (Å²) in [5, 5.41) is 2.96. The van der Waals surface area contributed by atoms with Gasteiger partial charge in [-0.3, -0.25) is 9.59 Å². The molecule has 3 aromatic rings. The maximum Gasteiger partial charge on any atom is 0.227 e. The number of benzene rings is 2. The monoisotopic (exact) mass is 363 g/mol.